The lowest BCUT2D eigenvalue weighted by Crippen LogP contribution is -2.44. The first kappa shape index (κ1) is 16.6. The molecule has 1 atom stereocenters. The van der Waals surface area contributed by atoms with Gasteiger partial charge in [-0.1, -0.05) is 17.7 Å². The van der Waals surface area contributed by atoms with E-state index in [1.807, 2.05) is 6.20 Å². The largest absolute Gasteiger partial charge is 0.373 e. The predicted molar refractivity (Wildman–Crippen MR) is 99.8 cm³/mol. The Bertz CT molecular complexity index is 674. The summed E-state index contributed by atoms with van der Waals surface area (Å²) in [5.41, 5.74) is 3.86. The molecule has 0 amide bonds. The lowest BCUT2D eigenvalue weighted by molar-refractivity contribution is -0.0450. The van der Waals surface area contributed by atoms with Crippen LogP contribution in [0.15, 0.2) is 36.8 Å². The van der Waals surface area contributed by atoms with Crippen LogP contribution in [0.25, 0.3) is 0 Å². The average Bonchev–Trinajstić information content (AvgIpc) is 3.28. The molecule has 5 heteroatoms. The molecule has 2 aromatic rings. The number of likely N-dealkylation sites (N-methyl/N-ethyl adjacent to an activating group) is 1. The topological polar surface area (TPSA) is 44.4 Å². The van der Waals surface area contributed by atoms with Crippen molar-refractivity contribution >= 4 is 5.69 Å². The van der Waals surface area contributed by atoms with Gasteiger partial charge in [0, 0.05) is 44.3 Å². The molecule has 0 unspecified atom stereocenters. The molecule has 4 rings (SSSR count). The lowest BCUT2D eigenvalue weighted by atomic mass is 9.87. The fourth-order valence-electron chi connectivity index (χ4n) is 4.14. The van der Waals surface area contributed by atoms with E-state index in [4.69, 9.17) is 4.74 Å². The van der Waals surface area contributed by atoms with Gasteiger partial charge in [0.05, 0.1) is 24.6 Å². The average molecular weight is 340 g/mol. The summed E-state index contributed by atoms with van der Waals surface area (Å²) in [6.07, 6.45) is 7.06. The molecule has 0 bridgehead atoms. The molecule has 1 aromatic carbocycles. The van der Waals surface area contributed by atoms with Crippen LogP contribution in [0.5, 0.6) is 0 Å². The van der Waals surface area contributed by atoms with Crippen LogP contribution in [0, 0.1) is 6.92 Å². The van der Waals surface area contributed by atoms with E-state index in [-0.39, 0.29) is 5.60 Å². The molecule has 2 aliphatic heterocycles. The summed E-state index contributed by atoms with van der Waals surface area (Å²) in [5.74, 6) is 0. The summed E-state index contributed by atoms with van der Waals surface area (Å²) in [7, 11) is 2.20. The first-order valence-electron chi connectivity index (χ1n) is 9.27. The molecule has 25 heavy (non-hydrogen) atoms. The zero-order valence-corrected chi connectivity index (χ0v) is 15.2. The highest BCUT2D eigenvalue weighted by Gasteiger charge is 2.43. The molecular formula is C20H28N4O. The van der Waals surface area contributed by atoms with Crippen LogP contribution in [0.1, 0.15) is 30.5 Å². The van der Waals surface area contributed by atoms with Gasteiger partial charge in [0.25, 0.3) is 0 Å². The highest BCUT2D eigenvalue weighted by Crippen LogP contribution is 2.38. The van der Waals surface area contributed by atoms with Gasteiger partial charge in [0.15, 0.2) is 0 Å². The smallest absolute Gasteiger partial charge is 0.0922 e. The van der Waals surface area contributed by atoms with E-state index >= 15 is 0 Å². The van der Waals surface area contributed by atoms with Crippen LogP contribution in [-0.2, 0) is 11.3 Å². The summed E-state index contributed by atoms with van der Waals surface area (Å²) >= 11 is 0. The van der Waals surface area contributed by atoms with Gasteiger partial charge in [-0.25, -0.2) is 4.98 Å². The summed E-state index contributed by atoms with van der Waals surface area (Å²) in [6, 6.07) is 9.28. The van der Waals surface area contributed by atoms with Crippen molar-refractivity contribution in [2.45, 2.75) is 44.4 Å². The van der Waals surface area contributed by atoms with E-state index in [0.29, 0.717) is 6.04 Å². The van der Waals surface area contributed by atoms with Crippen LogP contribution in [0.2, 0.25) is 0 Å². The van der Waals surface area contributed by atoms with Crippen LogP contribution in [0.4, 0.5) is 5.69 Å². The number of anilines is 1. The second-order valence-electron chi connectivity index (χ2n) is 7.65. The van der Waals surface area contributed by atoms with Crippen molar-refractivity contribution in [3.8, 4) is 0 Å². The van der Waals surface area contributed by atoms with Crippen molar-refractivity contribution in [1.82, 2.24) is 14.9 Å². The Morgan fingerprint density at radius 2 is 2.04 bits per heavy atom. The summed E-state index contributed by atoms with van der Waals surface area (Å²) in [5, 5.41) is 0. The van der Waals surface area contributed by atoms with E-state index in [2.05, 4.69) is 58.0 Å². The minimum atomic E-state index is 0.0775. The molecule has 1 aromatic heterocycles. The number of aromatic nitrogens is 2. The molecule has 0 radical (unpaired) electrons. The third kappa shape index (κ3) is 3.58. The number of hydrogen-bond acceptors (Lipinski definition) is 4. The van der Waals surface area contributed by atoms with Crippen molar-refractivity contribution in [2.75, 3.05) is 31.6 Å². The molecule has 3 heterocycles. The SMILES string of the molecule is Cc1ccc(N(C)[C@H]2COC3(CCN(Cc4cnc[nH]4)CC3)C2)cc1. The van der Waals surface area contributed by atoms with E-state index in [9.17, 15) is 0 Å². The minimum absolute atomic E-state index is 0.0775. The van der Waals surface area contributed by atoms with Crippen molar-refractivity contribution in [2.24, 2.45) is 0 Å². The minimum Gasteiger partial charge on any atom is -0.373 e. The molecule has 1 spiro atoms. The Labute approximate surface area is 150 Å². The van der Waals surface area contributed by atoms with Gasteiger partial charge in [-0.3, -0.25) is 4.90 Å². The number of aryl methyl sites for hydroxylation is 1. The number of likely N-dealkylation sites (tertiary alicyclic amines) is 1. The predicted octanol–water partition coefficient (Wildman–Crippen LogP) is 2.98. The molecule has 2 saturated heterocycles. The van der Waals surface area contributed by atoms with Gasteiger partial charge in [0.1, 0.15) is 0 Å². The number of nitrogens with one attached hydrogen (secondary N) is 1. The lowest BCUT2D eigenvalue weighted by Gasteiger charge is -2.38. The van der Waals surface area contributed by atoms with Gasteiger partial charge in [0.2, 0.25) is 0 Å². The van der Waals surface area contributed by atoms with E-state index in [1.165, 1.54) is 16.9 Å². The van der Waals surface area contributed by atoms with Crippen LogP contribution in [0.3, 0.4) is 0 Å². The maximum absolute atomic E-state index is 6.36. The number of ether oxygens (including phenoxy) is 1. The molecule has 2 fully saturated rings. The quantitative estimate of drug-likeness (QED) is 0.929. The second-order valence-corrected chi connectivity index (χ2v) is 7.65. The molecule has 2 aliphatic rings. The monoisotopic (exact) mass is 340 g/mol. The number of aromatic amines is 1. The summed E-state index contributed by atoms with van der Waals surface area (Å²) < 4.78 is 6.36. The highest BCUT2D eigenvalue weighted by molar-refractivity contribution is 5.48. The number of benzene rings is 1. The molecule has 0 aliphatic carbocycles. The molecule has 5 nitrogen and oxygen atoms in total. The maximum Gasteiger partial charge on any atom is 0.0922 e. The Morgan fingerprint density at radius 3 is 2.72 bits per heavy atom. The van der Waals surface area contributed by atoms with Gasteiger partial charge >= 0.3 is 0 Å². The summed E-state index contributed by atoms with van der Waals surface area (Å²) in [6.45, 7) is 6.13. The molecule has 1 N–H and O–H groups in total. The first-order valence-corrected chi connectivity index (χ1v) is 9.27. The second kappa shape index (κ2) is 6.81. The molecule has 0 saturated carbocycles. The van der Waals surface area contributed by atoms with Crippen LogP contribution in [-0.4, -0.2) is 53.3 Å². The zero-order chi connectivity index (χ0) is 17.3. The van der Waals surface area contributed by atoms with Crippen molar-refractivity contribution < 1.29 is 4.74 Å². The number of hydrogen-bond donors (Lipinski definition) is 1. The van der Waals surface area contributed by atoms with Gasteiger partial charge < -0.3 is 14.6 Å². The van der Waals surface area contributed by atoms with Gasteiger partial charge in [-0.2, -0.15) is 0 Å². The number of nitrogens with zero attached hydrogens (tertiary/aromatic N) is 3. The zero-order valence-electron chi connectivity index (χ0n) is 15.2. The van der Waals surface area contributed by atoms with Crippen molar-refractivity contribution in [3.63, 3.8) is 0 Å². The van der Waals surface area contributed by atoms with E-state index in [0.717, 1.165) is 45.5 Å². The number of H-pyrrole nitrogens is 1. The third-order valence-corrected chi connectivity index (χ3v) is 5.89. The Balaban J connectivity index is 1.33. The maximum atomic E-state index is 6.36. The van der Waals surface area contributed by atoms with Gasteiger partial charge in [-0.15, -0.1) is 0 Å². The number of rotatable bonds is 4. The van der Waals surface area contributed by atoms with E-state index < -0.39 is 0 Å². The highest BCUT2D eigenvalue weighted by atomic mass is 16.5. The standard InChI is InChI=1S/C20H28N4O/c1-16-3-5-18(6-4-16)23(2)19-11-20(25-14-19)7-9-24(10-8-20)13-17-12-21-15-22-17/h3-6,12,15,19H,7-11,13-14H2,1-2H3,(H,21,22)/t19-/m1/s1. The van der Waals surface area contributed by atoms with Crippen molar-refractivity contribution in [3.05, 3.63) is 48.0 Å². The Hall–Kier alpha value is -1.85. The normalized spacial score (nSPS) is 23.2. The van der Waals surface area contributed by atoms with Gasteiger partial charge in [-0.05, 0) is 38.3 Å². The first-order chi connectivity index (χ1) is 12.1. The Morgan fingerprint density at radius 1 is 1.28 bits per heavy atom. The third-order valence-electron chi connectivity index (χ3n) is 5.89. The fraction of sp³-hybridized carbons (Fsp3) is 0.550. The molecular weight excluding hydrogens is 312 g/mol. The Kier molecular flexibility index (Phi) is 4.52. The van der Waals surface area contributed by atoms with Crippen LogP contribution < -0.4 is 4.90 Å². The van der Waals surface area contributed by atoms with E-state index in [1.54, 1.807) is 6.33 Å². The van der Waals surface area contributed by atoms with Crippen molar-refractivity contribution in [1.29, 1.82) is 0 Å². The molecule has 134 valence electrons. The summed E-state index contributed by atoms with van der Waals surface area (Å²) in [4.78, 5) is 12.2. The number of imidazole rings is 1. The van der Waals surface area contributed by atoms with Crippen LogP contribution >= 0.6 is 0 Å². The fourth-order valence-corrected chi connectivity index (χ4v) is 4.14. The number of piperidine rings is 1.